The molecule has 3 saturated carbocycles. The van der Waals surface area contributed by atoms with E-state index in [-0.39, 0.29) is 31.3 Å². The van der Waals surface area contributed by atoms with Gasteiger partial charge in [-0.15, -0.1) is 0 Å². The van der Waals surface area contributed by atoms with Gasteiger partial charge in [-0.05, 0) is 97.7 Å². The van der Waals surface area contributed by atoms with Crippen LogP contribution in [0.25, 0.3) is 0 Å². The smallest absolute Gasteiger partial charge is 0.388 e. The summed E-state index contributed by atoms with van der Waals surface area (Å²) < 4.78 is 26.4. The van der Waals surface area contributed by atoms with Crippen molar-refractivity contribution < 1.29 is 38.6 Å². The monoisotopic (exact) mass is 614 g/mol. The van der Waals surface area contributed by atoms with Crippen molar-refractivity contribution in [1.82, 2.24) is 0 Å². The Labute approximate surface area is 254 Å². The number of aliphatic hydroxyl groups excluding tert-OH is 2. The molecule has 9 heteroatoms. The predicted octanol–water partition coefficient (Wildman–Crippen LogP) is 6.26. The zero-order valence-corrected chi connectivity index (χ0v) is 27.6. The SMILES string of the molecule is CC(C)CCC[C@@H](C)[C@H]1CC[C@H]2[C@@H]3CC=C4C[C@@H](OCC(O)COCC(O)COP(=O)(O)O)CC[C@]4(C)[C@H]3CC[C@]12C. The number of hydrogen-bond donors (Lipinski definition) is 4. The Morgan fingerprint density at radius 3 is 2.33 bits per heavy atom. The fourth-order valence-corrected chi connectivity index (χ4v) is 10.0. The number of phosphoric acid groups is 1. The quantitative estimate of drug-likeness (QED) is 0.126. The van der Waals surface area contributed by atoms with Crippen molar-refractivity contribution in [3.63, 3.8) is 0 Å². The summed E-state index contributed by atoms with van der Waals surface area (Å²) in [5.74, 6) is 4.95. The molecule has 4 N–H and O–H groups in total. The molecular weight excluding hydrogens is 555 g/mol. The standard InChI is InChI=1S/C33H59O8P/c1-22(2)7-6-8-23(3)29-11-12-30-28-10-9-24-17-27(13-15-32(24,4)31(28)14-16-33(29,30)5)40-20-25(34)18-39-19-26(35)21-41-42(36,37)38/h9,22-23,25-31,34-35H,6-8,10-21H2,1-5H3,(H2,36,37,38)/t23-,25?,26?,27+,28+,29-,30+,31+,32+,33-/m1/s1. The third kappa shape index (κ3) is 8.28. The van der Waals surface area contributed by atoms with E-state index in [9.17, 15) is 14.8 Å². The molecule has 0 aliphatic heterocycles. The van der Waals surface area contributed by atoms with E-state index < -0.39 is 26.6 Å². The maximum absolute atomic E-state index is 10.7. The Bertz CT molecular complexity index is 950. The van der Waals surface area contributed by atoms with Gasteiger partial charge in [0.25, 0.3) is 0 Å². The summed E-state index contributed by atoms with van der Waals surface area (Å²) in [6, 6.07) is 0. The van der Waals surface area contributed by atoms with Gasteiger partial charge in [0.2, 0.25) is 0 Å². The summed E-state index contributed by atoms with van der Waals surface area (Å²) >= 11 is 0. The van der Waals surface area contributed by atoms with Gasteiger partial charge in [-0.3, -0.25) is 4.52 Å². The van der Waals surface area contributed by atoms with Gasteiger partial charge in [-0.1, -0.05) is 65.5 Å². The van der Waals surface area contributed by atoms with Gasteiger partial charge in [-0.25, -0.2) is 4.57 Å². The third-order valence-electron chi connectivity index (χ3n) is 11.8. The topological polar surface area (TPSA) is 126 Å². The van der Waals surface area contributed by atoms with E-state index in [0.717, 1.165) is 54.8 Å². The van der Waals surface area contributed by atoms with Crippen LogP contribution < -0.4 is 0 Å². The van der Waals surface area contributed by atoms with Crippen molar-refractivity contribution in [2.75, 3.05) is 26.4 Å². The molecule has 3 fully saturated rings. The number of aliphatic hydroxyl groups is 2. The van der Waals surface area contributed by atoms with Gasteiger partial charge in [-0.2, -0.15) is 0 Å². The normalized spacial score (nSPS) is 37.0. The molecule has 0 heterocycles. The first kappa shape index (κ1) is 34.6. The first-order valence-electron chi connectivity index (χ1n) is 16.7. The summed E-state index contributed by atoms with van der Waals surface area (Å²) in [6.45, 7) is 11.8. The second-order valence-electron chi connectivity index (χ2n) is 15.1. The molecule has 0 saturated heterocycles. The van der Waals surface area contributed by atoms with Crippen LogP contribution in [0.1, 0.15) is 105 Å². The lowest BCUT2D eigenvalue weighted by Crippen LogP contribution is -2.51. The van der Waals surface area contributed by atoms with E-state index in [2.05, 4.69) is 45.2 Å². The van der Waals surface area contributed by atoms with E-state index in [1.54, 1.807) is 5.57 Å². The van der Waals surface area contributed by atoms with Crippen LogP contribution in [-0.4, -0.2) is 64.7 Å². The highest BCUT2D eigenvalue weighted by Crippen LogP contribution is 2.67. The third-order valence-corrected chi connectivity index (χ3v) is 12.3. The Hall–Kier alpha value is -0.310. The molecule has 0 amide bonds. The molecule has 0 aromatic heterocycles. The molecule has 0 bridgehead atoms. The molecule has 4 aliphatic rings. The molecule has 10 atom stereocenters. The molecule has 0 aromatic carbocycles. The number of fused-ring (bicyclic) bond motifs is 5. The average Bonchev–Trinajstić information content (AvgIpc) is 3.27. The van der Waals surface area contributed by atoms with E-state index in [1.165, 1.54) is 51.4 Å². The summed E-state index contributed by atoms with van der Waals surface area (Å²) in [5.41, 5.74) is 2.33. The molecule has 244 valence electrons. The fraction of sp³-hybridized carbons (Fsp3) is 0.939. The Balaban J connectivity index is 1.25. The maximum Gasteiger partial charge on any atom is 0.469 e. The van der Waals surface area contributed by atoms with Crippen molar-refractivity contribution in [3.8, 4) is 0 Å². The van der Waals surface area contributed by atoms with Gasteiger partial charge < -0.3 is 29.5 Å². The number of allylic oxidation sites excluding steroid dienone is 1. The van der Waals surface area contributed by atoms with Crippen molar-refractivity contribution in [2.45, 2.75) is 124 Å². The van der Waals surface area contributed by atoms with Crippen LogP contribution in [0.2, 0.25) is 0 Å². The van der Waals surface area contributed by atoms with Crippen LogP contribution in [0.5, 0.6) is 0 Å². The summed E-state index contributed by atoms with van der Waals surface area (Å²) in [4.78, 5) is 17.4. The number of rotatable bonds is 15. The second kappa shape index (κ2) is 14.4. The Morgan fingerprint density at radius 2 is 1.64 bits per heavy atom. The lowest BCUT2D eigenvalue weighted by molar-refractivity contribution is -0.0832. The number of ether oxygens (including phenoxy) is 2. The highest BCUT2D eigenvalue weighted by molar-refractivity contribution is 7.46. The first-order valence-corrected chi connectivity index (χ1v) is 18.2. The van der Waals surface area contributed by atoms with Crippen LogP contribution in [0.3, 0.4) is 0 Å². The van der Waals surface area contributed by atoms with Gasteiger partial charge in [0, 0.05) is 0 Å². The molecule has 0 radical (unpaired) electrons. The summed E-state index contributed by atoms with van der Waals surface area (Å²) in [6.07, 6.45) is 14.6. The fourth-order valence-electron chi connectivity index (χ4n) is 9.66. The highest BCUT2D eigenvalue weighted by Gasteiger charge is 2.59. The van der Waals surface area contributed by atoms with Crippen LogP contribution in [0.4, 0.5) is 0 Å². The minimum absolute atomic E-state index is 0.0264. The zero-order chi connectivity index (χ0) is 30.7. The predicted molar refractivity (Wildman–Crippen MR) is 164 cm³/mol. The van der Waals surface area contributed by atoms with E-state index in [4.69, 9.17) is 19.3 Å². The van der Waals surface area contributed by atoms with E-state index in [1.807, 2.05) is 0 Å². The van der Waals surface area contributed by atoms with Crippen LogP contribution >= 0.6 is 7.82 Å². The summed E-state index contributed by atoms with van der Waals surface area (Å²) in [5, 5.41) is 20.0. The number of hydrogen-bond acceptors (Lipinski definition) is 6. The van der Waals surface area contributed by atoms with Crippen LogP contribution in [-0.2, 0) is 18.6 Å². The molecule has 0 spiro atoms. The molecule has 8 nitrogen and oxygen atoms in total. The summed E-state index contributed by atoms with van der Waals surface area (Å²) in [7, 11) is -4.63. The number of phosphoric ester groups is 1. The highest BCUT2D eigenvalue weighted by atomic mass is 31.2. The molecular formula is C33H59O8P. The van der Waals surface area contributed by atoms with Crippen LogP contribution in [0, 0.1) is 46.3 Å². The maximum atomic E-state index is 10.7. The molecule has 0 aromatic rings. The molecule has 4 rings (SSSR count). The lowest BCUT2D eigenvalue weighted by atomic mass is 9.47. The largest absolute Gasteiger partial charge is 0.469 e. The molecule has 2 unspecified atom stereocenters. The molecule has 42 heavy (non-hydrogen) atoms. The first-order chi connectivity index (χ1) is 19.7. The second-order valence-corrected chi connectivity index (χ2v) is 16.4. The van der Waals surface area contributed by atoms with Crippen molar-refractivity contribution in [2.24, 2.45) is 46.3 Å². The van der Waals surface area contributed by atoms with Gasteiger partial charge in [0.05, 0.1) is 32.5 Å². The van der Waals surface area contributed by atoms with E-state index in [0.29, 0.717) is 5.41 Å². The Kier molecular flexibility index (Phi) is 11.9. The van der Waals surface area contributed by atoms with Gasteiger partial charge in [0.1, 0.15) is 12.2 Å². The van der Waals surface area contributed by atoms with Crippen molar-refractivity contribution in [1.29, 1.82) is 0 Å². The van der Waals surface area contributed by atoms with Crippen molar-refractivity contribution in [3.05, 3.63) is 11.6 Å². The zero-order valence-electron chi connectivity index (χ0n) is 26.7. The van der Waals surface area contributed by atoms with Gasteiger partial charge in [0.15, 0.2) is 0 Å². The van der Waals surface area contributed by atoms with Gasteiger partial charge >= 0.3 is 7.82 Å². The lowest BCUT2D eigenvalue weighted by Gasteiger charge is -2.58. The molecule has 4 aliphatic carbocycles. The Morgan fingerprint density at radius 1 is 0.929 bits per heavy atom. The van der Waals surface area contributed by atoms with Crippen LogP contribution in [0.15, 0.2) is 11.6 Å². The average molecular weight is 615 g/mol. The minimum atomic E-state index is -4.63. The minimum Gasteiger partial charge on any atom is -0.388 e. The van der Waals surface area contributed by atoms with Crippen molar-refractivity contribution >= 4 is 7.82 Å². The van der Waals surface area contributed by atoms with E-state index >= 15 is 0 Å².